The van der Waals surface area contributed by atoms with Crippen LogP contribution in [-0.4, -0.2) is 45.2 Å². The van der Waals surface area contributed by atoms with Gasteiger partial charge in [0.25, 0.3) is 0 Å². The Morgan fingerprint density at radius 1 is 1.12 bits per heavy atom. The number of carboxylic acid groups (broad SMARTS) is 2. The van der Waals surface area contributed by atoms with Crippen LogP contribution in [0.1, 0.15) is 30.9 Å². The van der Waals surface area contributed by atoms with E-state index in [2.05, 4.69) is 35.2 Å². The summed E-state index contributed by atoms with van der Waals surface area (Å²) in [5, 5.41) is 23.5. The maximum Gasteiger partial charge on any atom is 0.414 e. The van der Waals surface area contributed by atoms with Crippen molar-refractivity contribution >= 4 is 11.9 Å². The molecule has 0 bridgehead atoms. The third kappa shape index (κ3) is 6.83. The summed E-state index contributed by atoms with van der Waals surface area (Å²) >= 11 is 0. The van der Waals surface area contributed by atoms with Crippen LogP contribution in [0, 0.1) is 11.3 Å². The molecule has 0 saturated heterocycles. The third-order valence-electron chi connectivity index (χ3n) is 3.30. The smallest absolute Gasteiger partial charge is 0.414 e. The summed E-state index contributed by atoms with van der Waals surface area (Å²) in [6.07, 6.45) is 6.79. The lowest BCUT2D eigenvalue weighted by Gasteiger charge is -2.21. The quantitative estimate of drug-likeness (QED) is 0.796. The van der Waals surface area contributed by atoms with Crippen molar-refractivity contribution in [2.45, 2.75) is 26.3 Å². The van der Waals surface area contributed by atoms with Gasteiger partial charge in [0, 0.05) is 25.5 Å². The maximum absolute atomic E-state index is 9.10. The van der Waals surface area contributed by atoms with Gasteiger partial charge in [-0.3, -0.25) is 0 Å². The van der Waals surface area contributed by atoms with E-state index in [-0.39, 0.29) is 0 Å². The van der Waals surface area contributed by atoms with Crippen molar-refractivity contribution in [1.29, 1.82) is 5.26 Å². The van der Waals surface area contributed by atoms with Gasteiger partial charge >= 0.3 is 11.9 Å². The van der Waals surface area contributed by atoms with Gasteiger partial charge in [0.05, 0.1) is 18.3 Å². The van der Waals surface area contributed by atoms with Gasteiger partial charge in [0.1, 0.15) is 0 Å². The molecule has 0 saturated carbocycles. The lowest BCUT2D eigenvalue weighted by atomic mass is 10.1. The highest BCUT2D eigenvalue weighted by Gasteiger charge is 2.11. The average molecular weight is 331 g/mol. The van der Waals surface area contributed by atoms with Crippen molar-refractivity contribution in [3.05, 3.63) is 47.8 Å². The lowest BCUT2D eigenvalue weighted by molar-refractivity contribution is -0.159. The Labute approximate surface area is 141 Å². The molecule has 24 heavy (non-hydrogen) atoms. The predicted octanol–water partition coefficient (Wildman–Crippen LogP) is 2.06. The summed E-state index contributed by atoms with van der Waals surface area (Å²) < 4.78 is 0. The van der Waals surface area contributed by atoms with E-state index in [4.69, 9.17) is 25.1 Å². The molecule has 1 aromatic rings. The Kier molecular flexibility index (Phi) is 7.85. The fourth-order valence-corrected chi connectivity index (χ4v) is 2.04. The lowest BCUT2D eigenvalue weighted by Crippen LogP contribution is -2.25. The summed E-state index contributed by atoms with van der Waals surface area (Å²) in [4.78, 5) is 22.8. The van der Waals surface area contributed by atoms with E-state index in [1.807, 2.05) is 24.3 Å². The highest BCUT2D eigenvalue weighted by Crippen LogP contribution is 2.13. The van der Waals surface area contributed by atoms with Crippen molar-refractivity contribution in [1.82, 2.24) is 9.80 Å². The second-order valence-corrected chi connectivity index (χ2v) is 5.27. The number of rotatable bonds is 5. The van der Waals surface area contributed by atoms with E-state index in [0.717, 1.165) is 25.3 Å². The van der Waals surface area contributed by atoms with E-state index in [1.54, 1.807) is 0 Å². The van der Waals surface area contributed by atoms with Crippen LogP contribution in [0.25, 0.3) is 0 Å². The predicted molar refractivity (Wildman–Crippen MR) is 87.6 cm³/mol. The van der Waals surface area contributed by atoms with E-state index in [1.165, 1.54) is 18.4 Å². The Hall–Kier alpha value is -3.01. The number of benzene rings is 1. The third-order valence-corrected chi connectivity index (χ3v) is 3.30. The number of aliphatic carboxylic acids is 2. The van der Waals surface area contributed by atoms with Gasteiger partial charge in [0.15, 0.2) is 0 Å². The molecule has 0 unspecified atom stereocenters. The first kappa shape index (κ1) is 19.0. The molecule has 0 aromatic heterocycles. The van der Waals surface area contributed by atoms with Gasteiger partial charge in [-0.25, -0.2) is 9.59 Å². The number of hydrogen-bond donors (Lipinski definition) is 2. The number of unbranched alkanes of at least 4 members (excludes halogenated alkanes) is 1. The summed E-state index contributed by atoms with van der Waals surface area (Å²) in [6, 6.07) is 9.96. The zero-order valence-corrected chi connectivity index (χ0v) is 13.6. The fourth-order valence-electron chi connectivity index (χ4n) is 2.04. The minimum Gasteiger partial charge on any atom is -0.473 e. The van der Waals surface area contributed by atoms with E-state index >= 15 is 0 Å². The van der Waals surface area contributed by atoms with E-state index < -0.39 is 11.9 Å². The zero-order valence-electron chi connectivity index (χ0n) is 13.6. The van der Waals surface area contributed by atoms with Gasteiger partial charge in [-0.05, 0) is 24.1 Å². The number of nitrogens with zero attached hydrogens (tertiary/aromatic N) is 3. The van der Waals surface area contributed by atoms with Crippen LogP contribution in [-0.2, 0) is 16.1 Å². The molecular weight excluding hydrogens is 310 g/mol. The van der Waals surface area contributed by atoms with Gasteiger partial charge in [-0.15, -0.1) is 0 Å². The SMILES string of the molecule is CCCCN1C=CN(Cc2ccc(C#N)cc2)C1.O=C(O)C(=O)O. The number of hydrogen-bond acceptors (Lipinski definition) is 5. The van der Waals surface area contributed by atoms with Crippen molar-refractivity contribution in [2.24, 2.45) is 0 Å². The Morgan fingerprint density at radius 3 is 2.21 bits per heavy atom. The first-order valence-electron chi connectivity index (χ1n) is 7.58. The molecule has 1 heterocycles. The normalized spacial score (nSPS) is 12.3. The largest absolute Gasteiger partial charge is 0.473 e. The molecule has 0 amide bonds. The van der Waals surface area contributed by atoms with Crippen LogP contribution < -0.4 is 0 Å². The topological polar surface area (TPSA) is 105 Å². The van der Waals surface area contributed by atoms with Gasteiger partial charge < -0.3 is 20.0 Å². The molecule has 7 nitrogen and oxygen atoms in total. The fraction of sp³-hybridized carbons (Fsp3) is 0.353. The van der Waals surface area contributed by atoms with Crippen LogP contribution in [0.2, 0.25) is 0 Å². The molecular formula is C17H21N3O4. The molecule has 1 aromatic carbocycles. The first-order chi connectivity index (χ1) is 11.5. The number of carboxylic acids is 2. The first-order valence-corrected chi connectivity index (χ1v) is 7.58. The Balaban J connectivity index is 0.000000413. The van der Waals surface area contributed by atoms with Crippen LogP contribution in [0.15, 0.2) is 36.7 Å². The molecule has 2 rings (SSSR count). The molecule has 1 aliphatic rings. The molecule has 0 aliphatic carbocycles. The molecule has 7 heteroatoms. The molecule has 0 radical (unpaired) electrons. The minimum absolute atomic E-state index is 0.722. The molecule has 0 atom stereocenters. The zero-order chi connectivity index (χ0) is 17.9. The second-order valence-electron chi connectivity index (χ2n) is 5.27. The summed E-state index contributed by atoms with van der Waals surface area (Å²) in [5.74, 6) is -3.65. The molecule has 1 aliphatic heterocycles. The van der Waals surface area contributed by atoms with E-state index in [9.17, 15) is 0 Å². The maximum atomic E-state index is 9.10. The Morgan fingerprint density at radius 2 is 1.71 bits per heavy atom. The summed E-state index contributed by atoms with van der Waals surface area (Å²) in [6.45, 7) is 5.23. The van der Waals surface area contributed by atoms with Gasteiger partial charge in [0.2, 0.25) is 0 Å². The summed E-state index contributed by atoms with van der Waals surface area (Å²) in [5.41, 5.74) is 1.97. The molecule has 128 valence electrons. The van der Waals surface area contributed by atoms with Crippen LogP contribution >= 0.6 is 0 Å². The number of carbonyl (C=O) groups is 2. The Bertz CT molecular complexity index is 608. The average Bonchev–Trinajstić information content (AvgIpc) is 3.01. The van der Waals surface area contributed by atoms with Crippen molar-refractivity contribution in [2.75, 3.05) is 13.2 Å². The van der Waals surface area contributed by atoms with Crippen molar-refractivity contribution < 1.29 is 19.8 Å². The monoisotopic (exact) mass is 331 g/mol. The van der Waals surface area contributed by atoms with Crippen molar-refractivity contribution in [3.63, 3.8) is 0 Å². The molecule has 0 spiro atoms. The van der Waals surface area contributed by atoms with Crippen LogP contribution in [0.5, 0.6) is 0 Å². The van der Waals surface area contributed by atoms with Gasteiger partial charge in [-0.2, -0.15) is 5.26 Å². The van der Waals surface area contributed by atoms with Crippen LogP contribution in [0.4, 0.5) is 0 Å². The minimum atomic E-state index is -1.82. The van der Waals surface area contributed by atoms with Crippen molar-refractivity contribution in [3.8, 4) is 6.07 Å². The second kappa shape index (κ2) is 9.90. The molecule has 2 N–H and O–H groups in total. The number of nitriles is 1. The molecule has 0 fully saturated rings. The van der Waals surface area contributed by atoms with E-state index in [0.29, 0.717) is 0 Å². The highest BCUT2D eigenvalue weighted by atomic mass is 16.4. The highest BCUT2D eigenvalue weighted by molar-refractivity contribution is 6.27. The van der Waals surface area contributed by atoms with Crippen LogP contribution in [0.3, 0.4) is 0 Å². The van der Waals surface area contributed by atoms with Gasteiger partial charge in [-0.1, -0.05) is 25.5 Å². The summed E-state index contributed by atoms with van der Waals surface area (Å²) in [7, 11) is 0. The standard InChI is InChI=1S/C15H19N3.C2H2O4/c1-2-3-8-17-9-10-18(13-17)12-15-6-4-14(11-16)5-7-15;3-1(4)2(5)6/h4-7,9-10H,2-3,8,12-13H2,1H3;(H,3,4)(H,5,6).